The second-order valence-corrected chi connectivity index (χ2v) is 5.72. The number of benzene rings is 1. The minimum Gasteiger partial charge on any atom is -0.497 e. The molecule has 21 heavy (non-hydrogen) atoms. The van der Waals surface area contributed by atoms with Crippen molar-refractivity contribution in [3.63, 3.8) is 0 Å². The maximum atomic E-state index is 11.5. The van der Waals surface area contributed by atoms with Crippen molar-refractivity contribution in [2.45, 2.75) is 39.3 Å². The maximum absolute atomic E-state index is 11.5. The fourth-order valence-electron chi connectivity index (χ4n) is 2.32. The first kappa shape index (κ1) is 16.8. The first-order valence-corrected chi connectivity index (χ1v) is 6.61. The Kier molecular flexibility index (Phi) is 5.18. The number of carboxylic acid groups (broad SMARTS) is 1. The second-order valence-electron chi connectivity index (χ2n) is 5.72. The summed E-state index contributed by atoms with van der Waals surface area (Å²) in [5, 5.41) is 22.1. The Hall–Kier alpha value is -2.24. The topological polar surface area (TPSA) is 82.4 Å². The largest absolute Gasteiger partial charge is 0.497 e. The Labute approximate surface area is 124 Å². The highest BCUT2D eigenvalue weighted by atomic mass is 16.5. The third-order valence-corrected chi connectivity index (χ3v) is 3.19. The van der Waals surface area contributed by atoms with E-state index in [2.05, 4.69) is 5.16 Å². The number of hydrogen-bond acceptors (Lipinski definition) is 4. The second kappa shape index (κ2) is 6.47. The van der Waals surface area contributed by atoms with Gasteiger partial charge in [-0.05, 0) is 39.8 Å². The van der Waals surface area contributed by atoms with Crippen molar-refractivity contribution < 1.29 is 19.8 Å². The zero-order valence-electron chi connectivity index (χ0n) is 13.0. The molecule has 1 aromatic carbocycles. The normalized spacial score (nSPS) is 13.7. The minimum absolute atomic E-state index is 0.270. The number of methoxy groups -OCH3 is 1. The first-order valence-electron chi connectivity index (χ1n) is 6.61. The molecule has 6 heteroatoms. The van der Waals surface area contributed by atoms with Crippen LogP contribution in [0.1, 0.15) is 33.3 Å². The molecule has 1 amide bonds. The molecule has 0 aromatic heterocycles. The number of hydrogen-bond donors (Lipinski definition) is 2. The average Bonchev–Trinajstić information content (AvgIpc) is 2.37. The molecule has 0 heterocycles. The molecule has 1 aromatic rings. The van der Waals surface area contributed by atoms with E-state index in [1.165, 1.54) is 12.0 Å². The van der Waals surface area contributed by atoms with Gasteiger partial charge in [-0.2, -0.15) is 0 Å². The van der Waals surface area contributed by atoms with Crippen LogP contribution in [0.3, 0.4) is 0 Å². The lowest BCUT2D eigenvalue weighted by Crippen LogP contribution is -2.53. The number of carbonyl (C=O) groups is 1. The van der Waals surface area contributed by atoms with Crippen LogP contribution in [0.2, 0.25) is 0 Å². The fraction of sp³-hybridized carbons (Fsp3) is 0.467. The number of ether oxygens (including phenoxy) is 1. The van der Waals surface area contributed by atoms with E-state index < -0.39 is 17.7 Å². The third kappa shape index (κ3) is 3.87. The highest BCUT2D eigenvalue weighted by Gasteiger charge is 2.34. The van der Waals surface area contributed by atoms with Crippen LogP contribution in [0.25, 0.3) is 0 Å². The molecule has 0 aliphatic carbocycles. The monoisotopic (exact) mass is 294 g/mol. The van der Waals surface area contributed by atoms with Gasteiger partial charge in [-0.1, -0.05) is 17.3 Å². The zero-order valence-corrected chi connectivity index (χ0v) is 13.0. The van der Waals surface area contributed by atoms with Gasteiger partial charge in [-0.15, -0.1) is 0 Å². The van der Waals surface area contributed by atoms with Crippen LogP contribution in [-0.4, -0.2) is 45.7 Å². The van der Waals surface area contributed by atoms with Gasteiger partial charge in [0, 0.05) is 11.1 Å². The van der Waals surface area contributed by atoms with Gasteiger partial charge in [0.05, 0.1) is 13.2 Å². The lowest BCUT2D eigenvalue weighted by atomic mass is 9.98. The quantitative estimate of drug-likeness (QED) is 0.508. The maximum Gasteiger partial charge on any atom is 0.408 e. The molecule has 1 rings (SSSR count). The molecular weight excluding hydrogens is 272 g/mol. The number of rotatable bonds is 4. The highest BCUT2D eigenvalue weighted by Crippen LogP contribution is 2.22. The van der Waals surface area contributed by atoms with Gasteiger partial charge in [0.25, 0.3) is 0 Å². The van der Waals surface area contributed by atoms with Gasteiger partial charge in [-0.25, -0.2) is 4.79 Å². The zero-order chi connectivity index (χ0) is 16.2. The molecule has 0 saturated heterocycles. The Morgan fingerprint density at radius 2 is 2.00 bits per heavy atom. The SMILES string of the molecule is COc1cccc(/C(=N\O)[C@@H](C)N(C(=O)O)C(C)(C)C)c1. The molecule has 0 fully saturated rings. The number of amides is 1. The van der Waals surface area contributed by atoms with Crippen LogP contribution in [0.5, 0.6) is 5.75 Å². The molecule has 0 aliphatic rings. The van der Waals surface area contributed by atoms with Crippen molar-refractivity contribution in [3.05, 3.63) is 29.8 Å². The molecule has 0 saturated carbocycles. The van der Waals surface area contributed by atoms with Crippen molar-refractivity contribution in [1.29, 1.82) is 0 Å². The number of nitrogens with zero attached hydrogens (tertiary/aromatic N) is 2. The van der Waals surface area contributed by atoms with Gasteiger partial charge >= 0.3 is 6.09 Å². The van der Waals surface area contributed by atoms with Gasteiger partial charge < -0.3 is 15.1 Å². The van der Waals surface area contributed by atoms with E-state index in [1.807, 2.05) is 0 Å². The predicted octanol–water partition coefficient (Wildman–Crippen LogP) is 3.04. The van der Waals surface area contributed by atoms with Gasteiger partial charge in [0.2, 0.25) is 0 Å². The van der Waals surface area contributed by atoms with Crippen molar-refractivity contribution in [2.75, 3.05) is 7.11 Å². The van der Waals surface area contributed by atoms with Crippen LogP contribution in [-0.2, 0) is 0 Å². The molecule has 0 radical (unpaired) electrons. The standard InChI is InChI=1S/C15H22N2O4/c1-10(17(14(18)19)15(2,3)4)13(16-20)11-7-6-8-12(9-11)21-5/h6-10,20H,1-5H3,(H,18,19)/b16-13-/t10-/m1/s1. The van der Waals surface area contributed by atoms with Crippen LogP contribution in [0.4, 0.5) is 4.79 Å². The summed E-state index contributed by atoms with van der Waals surface area (Å²) >= 11 is 0. The molecule has 2 N–H and O–H groups in total. The molecule has 6 nitrogen and oxygen atoms in total. The Bertz CT molecular complexity index is 535. The van der Waals surface area contributed by atoms with E-state index in [1.54, 1.807) is 52.0 Å². The summed E-state index contributed by atoms with van der Waals surface area (Å²) in [6.45, 7) is 7.06. The van der Waals surface area contributed by atoms with Crippen molar-refractivity contribution >= 4 is 11.8 Å². The summed E-state index contributed by atoms with van der Waals surface area (Å²) < 4.78 is 5.14. The minimum atomic E-state index is -1.07. The first-order chi connectivity index (χ1) is 9.72. The van der Waals surface area contributed by atoms with E-state index in [-0.39, 0.29) is 5.71 Å². The van der Waals surface area contributed by atoms with E-state index in [0.29, 0.717) is 11.3 Å². The summed E-state index contributed by atoms with van der Waals surface area (Å²) in [7, 11) is 1.54. The summed E-state index contributed by atoms with van der Waals surface area (Å²) in [5.74, 6) is 0.610. The lowest BCUT2D eigenvalue weighted by molar-refractivity contribution is 0.0914. The molecule has 0 unspecified atom stereocenters. The Morgan fingerprint density at radius 3 is 2.43 bits per heavy atom. The number of oxime groups is 1. The smallest absolute Gasteiger partial charge is 0.408 e. The van der Waals surface area contributed by atoms with E-state index in [0.717, 1.165) is 0 Å². The van der Waals surface area contributed by atoms with Crippen LogP contribution >= 0.6 is 0 Å². The lowest BCUT2D eigenvalue weighted by Gasteiger charge is -2.38. The Morgan fingerprint density at radius 1 is 1.38 bits per heavy atom. The van der Waals surface area contributed by atoms with E-state index in [4.69, 9.17) is 4.74 Å². The van der Waals surface area contributed by atoms with Crippen molar-refractivity contribution in [3.8, 4) is 5.75 Å². The summed E-state index contributed by atoms with van der Waals surface area (Å²) in [6.07, 6.45) is -1.07. The predicted molar refractivity (Wildman–Crippen MR) is 80.4 cm³/mol. The third-order valence-electron chi connectivity index (χ3n) is 3.19. The van der Waals surface area contributed by atoms with Gasteiger partial charge in [0.15, 0.2) is 0 Å². The molecule has 0 bridgehead atoms. The van der Waals surface area contributed by atoms with Crippen LogP contribution in [0.15, 0.2) is 29.4 Å². The Balaban J connectivity index is 3.22. The molecule has 1 atom stereocenters. The van der Waals surface area contributed by atoms with Crippen molar-refractivity contribution in [2.24, 2.45) is 5.16 Å². The van der Waals surface area contributed by atoms with Crippen molar-refractivity contribution in [1.82, 2.24) is 4.90 Å². The van der Waals surface area contributed by atoms with E-state index >= 15 is 0 Å². The molecule has 0 spiro atoms. The molecular formula is C15H22N2O4. The molecule has 0 aliphatic heterocycles. The average molecular weight is 294 g/mol. The van der Waals surface area contributed by atoms with Crippen LogP contribution < -0.4 is 4.74 Å². The summed E-state index contributed by atoms with van der Waals surface area (Å²) in [6, 6.07) is 6.36. The van der Waals surface area contributed by atoms with E-state index in [9.17, 15) is 15.1 Å². The van der Waals surface area contributed by atoms with Crippen LogP contribution in [0, 0.1) is 0 Å². The highest BCUT2D eigenvalue weighted by molar-refractivity contribution is 6.05. The fourth-order valence-corrected chi connectivity index (χ4v) is 2.32. The summed E-state index contributed by atoms with van der Waals surface area (Å²) in [4.78, 5) is 12.8. The van der Waals surface area contributed by atoms with Gasteiger partial charge in [0.1, 0.15) is 11.5 Å². The van der Waals surface area contributed by atoms with Gasteiger partial charge in [-0.3, -0.25) is 4.90 Å². The summed E-state index contributed by atoms with van der Waals surface area (Å²) in [5.41, 5.74) is 0.256. The molecule has 116 valence electrons.